The van der Waals surface area contributed by atoms with Gasteiger partial charge >= 0.3 is 6.03 Å². The Bertz CT molecular complexity index is 1380. The minimum absolute atomic E-state index is 0.260. The molecule has 5 nitrogen and oxygen atoms in total. The Hall–Kier alpha value is -4.38. The molecule has 1 heterocycles. The molecule has 0 saturated carbocycles. The number of benzene rings is 4. The molecule has 5 aromatic rings. The second kappa shape index (κ2) is 9.40. The summed E-state index contributed by atoms with van der Waals surface area (Å²) < 4.78 is 2.23. The zero-order chi connectivity index (χ0) is 22.5. The molecule has 2 amide bonds. The fraction of sp³-hybridized carbons (Fsp3) is 0.0714. The van der Waals surface area contributed by atoms with E-state index < -0.39 is 0 Å². The number of urea groups is 1. The number of para-hydroxylation sites is 4. The number of aryl methyl sites for hydroxylation is 2. The molecule has 2 N–H and O–H groups in total. The molecule has 162 valence electrons. The normalized spacial score (nSPS) is 10.8. The van der Waals surface area contributed by atoms with Crippen LogP contribution in [0.1, 0.15) is 11.4 Å². The summed E-state index contributed by atoms with van der Waals surface area (Å²) in [4.78, 5) is 17.2. The molecular weight excluding hydrogens is 408 g/mol. The number of hydrogen-bond donors (Lipinski definition) is 2. The second-order valence-electron chi connectivity index (χ2n) is 7.83. The van der Waals surface area contributed by atoms with Gasteiger partial charge in [-0.3, -0.25) is 4.57 Å². The molecule has 1 aromatic heterocycles. The van der Waals surface area contributed by atoms with E-state index in [9.17, 15) is 4.79 Å². The molecule has 5 heteroatoms. The van der Waals surface area contributed by atoms with E-state index in [-0.39, 0.29) is 6.03 Å². The van der Waals surface area contributed by atoms with Crippen LogP contribution in [0, 0.1) is 0 Å². The molecule has 33 heavy (non-hydrogen) atoms. The summed E-state index contributed by atoms with van der Waals surface area (Å²) in [6.45, 7) is 0. The van der Waals surface area contributed by atoms with Gasteiger partial charge in [0.1, 0.15) is 5.82 Å². The van der Waals surface area contributed by atoms with Crippen LogP contribution in [0.4, 0.5) is 16.2 Å². The third-order valence-corrected chi connectivity index (χ3v) is 5.50. The number of nitrogens with zero attached hydrogens (tertiary/aromatic N) is 2. The number of rotatable bonds is 6. The molecule has 0 aliphatic carbocycles. The number of carbonyl (C=O) groups excluding carboxylic acids is 1. The Morgan fingerprint density at radius 1 is 0.697 bits per heavy atom. The monoisotopic (exact) mass is 432 g/mol. The predicted molar refractivity (Wildman–Crippen MR) is 134 cm³/mol. The number of carbonyl (C=O) groups is 1. The summed E-state index contributed by atoms with van der Waals surface area (Å²) in [5.41, 5.74) is 5.85. The van der Waals surface area contributed by atoms with Gasteiger partial charge in [0.25, 0.3) is 0 Å². The molecule has 0 fully saturated rings. The summed E-state index contributed by atoms with van der Waals surface area (Å²) in [7, 11) is 0. The van der Waals surface area contributed by atoms with E-state index in [1.165, 1.54) is 0 Å². The smallest absolute Gasteiger partial charge is 0.308 e. The first kappa shape index (κ1) is 20.5. The van der Waals surface area contributed by atoms with Crippen LogP contribution in [0.5, 0.6) is 0 Å². The number of imidazole rings is 1. The van der Waals surface area contributed by atoms with E-state index in [2.05, 4.69) is 39.5 Å². The summed E-state index contributed by atoms with van der Waals surface area (Å²) in [5.74, 6) is 1.02. The minimum atomic E-state index is -0.260. The molecule has 5 rings (SSSR count). The molecule has 0 atom stereocenters. The van der Waals surface area contributed by atoms with Crippen LogP contribution >= 0.6 is 0 Å². The van der Waals surface area contributed by atoms with Crippen molar-refractivity contribution < 1.29 is 4.79 Å². The summed E-state index contributed by atoms with van der Waals surface area (Å²) in [6, 6.07) is 35.6. The maximum atomic E-state index is 12.3. The first-order chi connectivity index (χ1) is 16.3. The Kier molecular flexibility index (Phi) is 5.85. The van der Waals surface area contributed by atoms with Crippen LogP contribution in [0.15, 0.2) is 109 Å². The Morgan fingerprint density at radius 3 is 2.18 bits per heavy atom. The largest absolute Gasteiger partial charge is 0.323 e. The lowest BCUT2D eigenvalue weighted by atomic mass is 10.1. The van der Waals surface area contributed by atoms with Crippen molar-refractivity contribution in [3.05, 3.63) is 121 Å². The maximum Gasteiger partial charge on any atom is 0.323 e. The van der Waals surface area contributed by atoms with Gasteiger partial charge in [0.15, 0.2) is 0 Å². The number of aromatic nitrogens is 2. The van der Waals surface area contributed by atoms with E-state index in [0.29, 0.717) is 0 Å². The molecule has 0 aliphatic rings. The van der Waals surface area contributed by atoms with Crippen molar-refractivity contribution in [2.45, 2.75) is 12.8 Å². The van der Waals surface area contributed by atoms with Crippen molar-refractivity contribution >= 4 is 28.4 Å². The van der Waals surface area contributed by atoms with Crippen LogP contribution in [0.2, 0.25) is 0 Å². The topological polar surface area (TPSA) is 59.0 Å². The molecular formula is C28H24N4O. The van der Waals surface area contributed by atoms with Crippen LogP contribution in [-0.2, 0) is 12.8 Å². The standard InChI is InChI=1S/C28H24N4O/c33-28(29-22-11-3-1-4-12-22)30-23-13-9-10-21(20-23)18-19-27-31-25-16-7-8-17-26(25)32(27)24-14-5-2-6-15-24/h1-17,20H,18-19H2,(H2,29,30,33). The van der Waals surface area contributed by atoms with Crippen molar-refractivity contribution in [1.29, 1.82) is 0 Å². The fourth-order valence-corrected chi connectivity index (χ4v) is 3.98. The average molecular weight is 433 g/mol. The van der Waals surface area contributed by atoms with E-state index in [0.717, 1.165) is 52.3 Å². The van der Waals surface area contributed by atoms with Crippen molar-refractivity contribution in [3.63, 3.8) is 0 Å². The van der Waals surface area contributed by atoms with Crippen molar-refractivity contribution in [2.24, 2.45) is 0 Å². The van der Waals surface area contributed by atoms with Gasteiger partial charge in [-0.05, 0) is 60.5 Å². The highest BCUT2D eigenvalue weighted by atomic mass is 16.2. The number of fused-ring (bicyclic) bond motifs is 1. The zero-order valence-corrected chi connectivity index (χ0v) is 18.1. The van der Waals surface area contributed by atoms with E-state index in [1.54, 1.807) is 0 Å². The lowest BCUT2D eigenvalue weighted by molar-refractivity contribution is 0.262. The highest BCUT2D eigenvalue weighted by Gasteiger charge is 2.12. The number of anilines is 2. The third kappa shape index (κ3) is 4.77. The Balaban J connectivity index is 1.33. The van der Waals surface area contributed by atoms with Gasteiger partial charge in [-0.2, -0.15) is 0 Å². The minimum Gasteiger partial charge on any atom is -0.308 e. The molecule has 0 aliphatic heterocycles. The van der Waals surface area contributed by atoms with Gasteiger partial charge in [0, 0.05) is 23.5 Å². The van der Waals surface area contributed by atoms with Gasteiger partial charge in [0.05, 0.1) is 11.0 Å². The van der Waals surface area contributed by atoms with Crippen LogP contribution in [0.25, 0.3) is 16.7 Å². The summed E-state index contributed by atoms with van der Waals surface area (Å²) >= 11 is 0. The SMILES string of the molecule is O=C(Nc1ccccc1)Nc1cccc(CCc2nc3ccccc3n2-c2ccccc2)c1. The van der Waals surface area contributed by atoms with Gasteiger partial charge in [-0.25, -0.2) is 9.78 Å². The number of hydrogen-bond acceptors (Lipinski definition) is 2. The fourth-order valence-electron chi connectivity index (χ4n) is 3.98. The van der Waals surface area contributed by atoms with E-state index in [4.69, 9.17) is 4.98 Å². The van der Waals surface area contributed by atoms with E-state index in [1.807, 2.05) is 84.9 Å². The molecule has 0 radical (unpaired) electrons. The van der Waals surface area contributed by atoms with Crippen LogP contribution in [0.3, 0.4) is 0 Å². The lowest BCUT2D eigenvalue weighted by Crippen LogP contribution is -2.19. The van der Waals surface area contributed by atoms with Crippen molar-refractivity contribution in [2.75, 3.05) is 10.6 Å². The van der Waals surface area contributed by atoms with Crippen LogP contribution < -0.4 is 10.6 Å². The maximum absolute atomic E-state index is 12.3. The second-order valence-corrected chi connectivity index (χ2v) is 7.83. The Morgan fingerprint density at radius 2 is 1.36 bits per heavy atom. The molecule has 4 aromatic carbocycles. The lowest BCUT2D eigenvalue weighted by Gasteiger charge is -2.11. The van der Waals surface area contributed by atoms with Crippen molar-refractivity contribution in [3.8, 4) is 5.69 Å². The van der Waals surface area contributed by atoms with Gasteiger partial charge in [-0.15, -0.1) is 0 Å². The zero-order valence-electron chi connectivity index (χ0n) is 18.1. The van der Waals surface area contributed by atoms with Crippen LogP contribution in [-0.4, -0.2) is 15.6 Å². The van der Waals surface area contributed by atoms with Gasteiger partial charge in [0.2, 0.25) is 0 Å². The molecule has 0 saturated heterocycles. The average Bonchev–Trinajstić information content (AvgIpc) is 3.22. The Labute approximate surface area is 192 Å². The van der Waals surface area contributed by atoms with Crippen molar-refractivity contribution in [1.82, 2.24) is 9.55 Å². The number of amides is 2. The molecule has 0 unspecified atom stereocenters. The van der Waals surface area contributed by atoms with Gasteiger partial charge < -0.3 is 10.6 Å². The van der Waals surface area contributed by atoms with Gasteiger partial charge in [-0.1, -0.05) is 60.7 Å². The summed E-state index contributed by atoms with van der Waals surface area (Å²) in [5, 5.41) is 5.76. The van der Waals surface area contributed by atoms with E-state index >= 15 is 0 Å². The quantitative estimate of drug-likeness (QED) is 0.324. The first-order valence-electron chi connectivity index (χ1n) is 11.0. The third-order valence-electron chi connectivity index (χ3n) is 5.50. The first-order valence-corrected chi connectivity index (χ1v) is 11.0. The molecule has 0 spiro atoms. The molecule has 0 bridgehead atoms. The highest BCUT2D eigenvalue weighted by molar-refractivity contribution is 5.99. The highest BCUT2D eigenvalue weighted by Crippen LogP contribution is 2.23. The summed E-state index contributed by atoms with van der Waals surface area (Å²) in [6.07, 6.45) is 1.59. The predicted octanol–water partition coefficient (Wildman–Crippen LogP) is 6.45. The number of nitrogens with one attached hydrogen (secondary N) is 2.